The molecule has 0 aromatic carbocycles. The van der Waals surface area contributed by atoms with Crippen molar-refractivity contribution in [2.75, 3.05) is 39.5 Å². The summed E-state index contributed by atoms with van der Waals surface area (Å²) in [5.74, 6) is 0.580. The van der Waals surface area contributed by atoms with Gasteiger partial charge in [-0.15, -0.1) is 0 Å². The third-order valence-corrected chi connectivity index (χ3v) is 2.34. The van der Waals surface area contributed by atoms with Gasteiger partial charge in [0.25, 0.3) is 0 Å². The monoisotopic (exact) mass is 272 g/mol. The predicted molar refractivity (Wildman–Crippen MR) is 73.6 cm³/mol. The van der Waals surface area contributed by atoms with Crippen LogP contribution in [0.1, 0.15) is 6.42 Å². The van der Waals surface area contributed by atoms with Crippen LogP contribution in [-0.4, -0.2) is 52.0 Å². The zero-order chi connectivity index (χ0) is 14.3. The summed E-state index contributed by atoms with van der Waals surface area (Å²) in [4.78, 5) is 8.58. The van der Waals surface area contributed by atoms with Gasteiger partial charge in [-0.2, -0.15) is 0 Å². The summed E-state index contributed by atoms with van der Waals surface area (Å²) in [6, 6.07) is 0. The van der Waals surface area contributed by atoms with E-state index in [9.17, 15) is 0 Å². The molecule has 1 fully saturated rings. The number of carbonyl (C=O) groups excluding carboxylic acids is 1. The zero-order valence-corrected chi connectivity index (χ0v) is 11.3. The fourth-order valence-electron chi connectivity index (χ4n) is 1.44. The van der Waals surface area contributed by atoms with Crippen molar-refractivity contribution in [3.8, 4) is 0 Å². The highest BCUT2D eigenvalue weighted by Gasteiger charge is 2.13. The molecule has 1 atom stereocenters. The average molecular weight is 272 g/mol. The third-order valence-electron chi connectivity index (χ3n) is 2.34. The van der Waals surface area contributed by atoms with Crippen LogP contribution >= 0.6 is 0 Å². The molecule has 1 aliphatic heterocycles. The quantitative estimate of drug-likeness (QED) is 0.271. The summed E-state index contributed by atoms with van der Waals surface area (Å²) < 4.78 is 16.1. The Bertz CT molecular complexity index is 253. The Balaban J connectivity index is 0.000000982. The van der Waals surface area contributed by atoms with E-state index >= 15 is 0 Å². The van der Waals surface area contributed by atoms with Crippen LogP contribution in [0.3, 0.4) is 0 Å². The second-order valence-electron chi connectivity index (χ2n) is 3.75. The molecule has 3 N–H and O–H groups in total. The first-order valence-corrected chi connectivity index (χ1v) is 6.24. The molecule has 0 radical (unpaired) electrons. The normalized spacial score (nSPS) is 17.2. The molecule has 1 rings (SSSR count). The van der Waals surface area contributed by atoms with Crippen LogP contribution in [0, 0.1) is 0 Å². The van der Waals surface area contributed by atoms with Crippen molar-refractivity contribution in [2.24, 2.45) is 5.73 Å². The summed E-state index contributed by atoms with van der Waals surface area (Å²) in [6.07, 6.45) is 3.29. The predicted octanol–water partition coefficient (Wildman–Crippen LogP) is 0.199. The average Bonchev–Trinajstić information content (AvgIpc) is 2.91. The maximum atomic E-state index is 8.58. The lowest BCUT2D eigenvalue weighted by Crippen LogP contribution is -2.19. The lowest BCUT2D eigenvalue weighted by molar-refractivity contribution is -0.106. The second kappa shape index (κ2) is 13.1. The Morgan fingerprint density at radius 2 is 2.05 bits per heavy atom. The van der Waals surface area contributed by atoms with Crippen molar-refractivity contribution >= 4 is 6.41 Å². The van der Waals surface area contributed by atoms with Crippen LogP contribution in [0.25, 0.3) is 0 Å². The van der Waals surface area contributed by atoms with Gasteiger partial charge in [0.05, 0.1) is 25.9 Å². The van der Waals surface area contributed by atoms with E-state index in [1.54, 1.807) is 6.08 Å². The van der Waals surface area contributed by atoms with Crippen LogP contribution in [0.4, 0.5) is 0 Å². The van der Waals surface area contributed by atoms with Crippen LogP contribution < -0.4 is 11.1 Å². The first-order chi connectivity index (χ1) is 9.24. The van der Waals surface area contributed by atoms with Crippen LogP contribution in [0.2, 0.25) is 0 Å². The van der Waals surface area contributed by atoms with E-state index in [1.807, 2.05) is 0 Å². The minimum absolute atomic E-state index is 0.250. The van der Waals surface area contributed by atoms with Gasteiger partial charge in [0.2, 0.25) is 6.41 Å². The number of rotatable bonds is 9. The Morgan fingerprint density at radius 3 is 2.63 bits per heavy atom. The van der Waals surface area contributed by atoms with E-state index < -0.39 is 0 Å². The van der Waals surface area contributed by atoms with Crippen molar-refractivity contribution in [2.45, 2.75) is 12.5 Å². The molecule has 1 saturated heterocycles. The minimum atomic E-state index is 0.250. The highest BCUT2D eigenvalue weighted by atomic mass is 16.5. The van der Waals surface area contributed by atoms with E-state index in [0.29, 0.717) is 38.3 Å². The molecule has 1 amide bonds. The van der Waals surface area contributed by atoms with Crippen molar-refractivity contribution in [3.05, 3.63) is 25.0 Å². The molecule has 6 nitrogen and oxygen atoms in total. The summed E-state index contributed by atoms with van der Waals surface area (Å²) in [7, 11) is 0. The number of nitrogens with one attached hydrogen (secondary N) is 1. The van der Waals surface area contributed by atoms with Gasteiger partial charge in [0, 0.05) is 6.54 Å². The van der Waals surface area contributed by atoms with Crippen molar-refractivity contribution in [1.29, 1.82) is 0 Å². The van der Waals surface area contributed by atoms with Gasteiger partial charge in [-0.3, -0.25) is 4.79 Å². The molecule has 6 heteroatoms. The SMILES string of the molecule is C=CC(=C)OCCOCCOC1CCNC1.NC=O. The van der Waals surface area contributed by atoms with Crippen LogP contribution in [-0.2, 0) is 19.0 Å². The van der Waals surface area contributed by atoms with Crippen molar-refractivity contribution in [3.63, 3.8) is 0 Å². The second-order valence-corrected chi connectivity index (χ2v) is 3.75. The number of nitrogens with two attached hydrogens (primary N) is 1. The maximum Gasteiger partial charge on any atom is 0.204 e. The van der Waals surface area contributed by atoms with Gasteiger partial charge in [-0.05, 0) is 19.0 Å². The van der Waals surface area contributed by atoms with Crippen molar-refractivity contribution in [1.82, 2.24) is 5.32 Å². The number of carbonyl (C=O) groups is 1. The fraction of sp³-hybridized carbons (Fsp3) is 0.615. The van der Waals surface area contributed by atoms with Crippen molar-refractivity contribution < 1.29 is 19.0 Å². The van der Waals surface area contributed by atoms with Crippen LogP contribution in [0.15, 0.2) is 25.0 Å². The lowest BCUT2D eigenvalue weighted by atomic mass is 10.3. The summed E-state index contributed by atoms with van der Waals surface area (Å²) in [5, 5.41) is 3.25. The number of hydrogen-bond donors (Lipinski definition) is 2. The van der Waals surface area contributed by atoms with Gasteiger partial charge in [0.1, 0.15) is 12.4 Å². The number of primary amides is 1. The zero-order valence-electron chi connectivity index (χ0n) is 11.3. The Labute approximate surface area is 114 Å². The Hall–Kier alpha value is -1.37. The molecule has 0 saturated carbocycles. The highest BCUT2D eigenvalue weighted by Crippen LogP contribution is 2.02. The van der Waals surface area contributed by atoms with Crippen LogP contribution in [0.5, 0.6) is 0 Å². The first-order valence-electron chi connectivity index (χ1n) is 6.24. The maximum absolute atomic E-state index is 8.58. The highest BCUT2D eigenvalue weighted by molar-refractivity contribution is 5.42. The number of ether oxygens (including phenoxy) is 3. The smallest absolute Gasteiger partial charge is 0.204 e. The largest absolute Gasteiger partial charge is 0.492 e. The molecule has 1 aliphatic rings. The molecule has 0 spiro atoms. The van der Waals surface area contributed by atoms with E-state index in [-0.39, 0.29) is 6.41 Å². The number of amides is 1. The fourth-order valence-corrected chi connectivity index (χ4v) is 1.44. The van der Waals surface area contributed by atoms with Gasteiger partial charge in [-0.1, -0.05) is 13.2 Å². The molecule has 0 aromatic heterocycles. The molecule has 110 valence electrons. The molecule has 0 aromatic rings. The first kappa shape index (κ1) is 17.6. The molecule has 0 bridgehead atoms. The topological polar surface area (TPSA) is 82.8 Å². The Morgan fingerprint density at radius 1 is 1.37 bits per heavy atom. The number of hydrogen-bond acceptors (Lipinski definition) is 5. The van der Waals surface area contributed by atoms with E-state index in [1.165, 1.54) is 0 Å². The molecular formula is C13H24N2O4. The molecule has 1 heterocycles. The van der Waals surface area contributed by atoms with E-state index in [2.05, 4.69) is 24.2 Å². The number of allylic oxidation sites excluding steroid dienone is 1. The summed E-state index contributed by atoms with van der Waals surface area (Å²) in [6.45, 7) is 11.5. The summed E-state index contributed by atoms with van der Waals surface area (Å²) >= 11 is 0. The van der Waals surface area contributed by atoms with Gasteiger partial charge < -0.3 is 25.3 Å². The third kappa shape index (κ3) is 11.5. The molecule has 0 aliphatic carbocycles. The molecule has 1 unspecified atom stereocenters. The molecule has 19 heavy (non-hydrogen) atoms. The van der Waals surface area contributed by atoms with Gasteiger partial charge >= 0.3 is 0 Å². The Kier molecular flexibility index (Phi) is 12.1. The van der Waals surface area contributed by atoms with Gasteiger partial charge in [-0.25, -0.2) is 0 Å². The summed E-state index contributed by atoms with van der Waals surface area (Å²) in [5.41, 5.74) is 4.17. The van der Waals surface area contributed by atoms with Gasteiger partial charge in [0.15, 0.2) is 0 Å². The molecular weight excluding hydrogens is 248 g/mol. The van der Waals surface area contributed by atoms with E-state index in [0.717, 1.165) is 19.5 Å². The lowest BCUT2D eigenvalue weighted by Gasteiger charge is -2.10. The van der Waals surface area contributed by atoms with E-state index in [4.69, 9.17) is 19.0 Å². The minimum Gasteiger partial charge on any atom is -0.492 e. The standard InChI is InChI=1S/C12H21NO3.CH3NO/c1-3-11(2)15-8-6-14-7-9-16-12-4-5-13-10-12;2-1-3/h3,12-13H,1-2,4-10H2;1H,(H2,2,3).